The Hall–Kier alpha value is 0. The van der Waals surface area contributed by atoms with Gasteiger partial charge in [0.1, 0.15) is 0 Å². The smallest absolute Gasteiger partial charge is 0.0264 e. The number of fused-ring (bicyclic) bond motifs is 2. The summed E-state index contributed by atoms with van der Waals surface area (Å²) in [7, 11) is 0. The standard InChI is InChI=1S/C13H24.C2H6/c1-10(2)12-6-5-7-13(8-12,9-12)11(3)4;1-2/h10-11H,5-9H2,1-4H3;1-2H3. The minimum absolute atomic E-state index is 0.766. The van der Waals surface area contributed by atoms with Gasteiger partial charge < -0.3 is 0 Å². The van der Waals surface area contributed by atoms with E-state index in [-0.39, 0.29) is 0 Å². The third-order valence-electron chi connectivity index (χ3n) is 5.21. The summed E-state index contributed by atoms with van der Waals surface area (Å²) in [5, 5.41) is 0. The van der Waals surface area contributed by atoms with Gasteiger partial charge in [-0.3, -0.25) is 0 Å². The van der Waals surface area contributed by atoms with Crippen molar-refractivity contribution in [3.63, 3.8) is 0 Å². The quantitative estimate of drug-likeness (QED) is 0.582. The largest absolute Gasteiger partial charge is 0.0683 e. The Morgan fingerprint density at radius 1 is 0.733 bits per heavy atom. The molecule has 3 rings (SSSR count). The van der Waals surface area contributed by atoms with Crippen LogP contribution in [0, 0.1) is 22.7 Å². The van der Waals surface area contributed by atoms with Crippen molar-refractivity contribution in [1.29, 1.82) is 0 Å². The van der Waals surface area contributed by atoms with Gasteiger partial charge in [0.2, 0.25) is 0 Å². The predicted molar refractivity (Wildman–Crippen MR) is 69.0 cm³/mol. The zero-order valence-electron chi connectivity index (χ0n) is 11.7. The van der Waals surface area contributed by atoms with Gasteiger partial charge in [-0.1, -0.05) is 48.0 Å². The molecule has 0 amide bonds. The highest BCUT2D eigenvalue weighted by Gasteiger charge is 2.58. The molecular formula is C15H30. The minimum Gasteiger partial charge on any atom is -0.0683 e. The SMILES string of the molecule is CC.CC(C)C12CCCC(C(C)C)(C1)C2. The van der Waals surface area contributed by atoms with Gasteiger partial charge in [0.15, 0.2) is 0 Å². The first kappa shape index (κ1) is 13.1. The molecule has 3 aliphatic rings. The molecule has 0 spiro atoms. The second-order valence-electron chi connectivity index (χ2n) is 6.24. The zero-order valence-corrected chi connectivity index (χ0v) is 11.7. The van der Waals surface area contributed by atoms with Gasteiger partial charge in [0.25, 0.3) is 0 Å². The van der Waals surface area contributed by atoms with Crippen LogP contribution in [0.3, 0.4) is 0 Å². The number of rotatable bonds is 2. The Morgan fingerprint density at radius 3 is 1.33 bits per heavy atom. The Morgan fingerprint density at radius 2 is 1.07 bits per heavy atom. The molecule has 3 aliphatic carbocycles. The highest BCUT2D eigenvalue weighted by molar-refractivity contribution is 5.08. The van der Waals surface area contributed by atoms with Gasteiger partial charge in [-0.05, 0) is 48.3 Å². The molecule has 0 nitrogen and oxygen atoms in total. The van der Waals surface area contributed by atoms with Crippen LogP contribution in [0.2, 0.25) is 0 Å². The van der Waals surface area contributed by atoms with Crippen LogP contribution in [0.4, 0.5) is 0 Å². The molecule has 2 bridgehead atoms. The van der Waals surface area contributed by atoms with Crippen LogP contribution in [0.25, 0.3) is 0 Å². The van der Waals surface area contributed by atoms with E-state index in [2.05, 4.69) is 27.7 Å². The molecule has 0 N–H and O–H groups in total. The van der Waals surface area contributed by atoms with Crippen molar-refractivity contribution in [3.05, 3.63) is 0 Å². The summed E-state index contributed by atoms with van der Waals surface area (Å²) in [5.74, 6) is 1.83. The van der Waals surface area contributed by atoms with Crippen LogP contribution in [0.5, 0.6) is 0 Å². The third kappa shape index (κ3) is 1.97. The summed E-state index contributed by atoms with van der Waals surface area (Å²) in [6.07, 6.45) is 7.60. The van der Waals surface area contributed by atoms with Crippen LogP contribution in [-0.2, 0) is 0 Å². The van der Waals surface area contributed by atoms with Crippen molar-refractivity contribution in [2.75, 3.05) is 0 Å². The van der Waals surface area contributed by atoms with Gasteiger partial charge in [-0.25, -0.2) is 0 Å². The average Bonchev–Trinajstić information content (AvgIpc) is 2.19. The van der Waals surface area contributed by atoms with Gasteiger partial charge >= 0.3 is 0 Å². The van der Waals surface area contributed by atoms with Gasteiger partial charge in [-0.15, -0.1) is 0 Å². The van der Waals surface area contributed by atoms with E-state index in [9.17, 15) is 0 Å². The topological polar surface area (TPSA) is 0 Å². The van der Waals surface area contributed by atoms with Gasteiger partial charge in [0.05, 0.1) is 0 Å². The summed E-state index contributed by atoms with van der Waals surface area (Å²) in [6, 6.07) is 0. The second kappa shape index (κ2) is 4.47. The maximum Gasteiger partial charge on any atom is -0.0264 e. The van der Waals surface area contributed by atoms with E-state index in [1.807, 2.05) is 13.8 Å². The highest BCUT2D eigenvalue weighted by Crippen LogP contribution is 2.69. The predicted octanol–water partition coefficient (Wildman–Crippen LogP) is 5.28. The Kier molecular flexibility index (Phi) is 3.90. The van der Waals surface area contributed by atoms with E-state index in [4.69, 9.17) is 0 Å². The van der Waals surface area contributed by atoms with Crippen molar-refractivity contribution in [3.8, 4) is 0 Å². The van der Waals surface area contributed by atoms with Crippen molar-refractivity contribution in [1.82, 2.24) is 0 Å². The third-order valence-corrected chi connectivity index (χ3v) is 5.21. The fourth-order valence-corrected chi connectivity index (χ4v) is 3.89. The molecular weight excluding hydrogens is 180 g/mol. The highest BCUT2D eigenvalue weighted by atomic mass is 14.6. The average molecular weight is 210 g/mol. The number of hydrogen-bond acceptors (Lipinski definition) is 0. The zero-order chi connectivity index (χ0) is 11.7. The van der Waals surface area contributed by atoms with E-state index >= 15 is 0 Å². The maximum atomic E-state index is 2.43. The van der Waals surface area contributed by atoms with Crippen molar-refractivity contribution >= 4 is 0 Å². The lowest BCUT2D eigenvalue weighted by atomic mass is 9.40. The summed E-state index contributed by atoms with van der Waals surface area (Å²) in [5.41, 5.74) is 1.53. The summed E-state index contributed by atoms with van der Waals surface area (Å²) in [4.78, 5) is 0. The van der Waals surface area contributed by atoms with Crippen molar-refractivity contribution < 1.29 is 0 Å². The van der Waals surface area contributed by atoms with E-state index in [1.54, 1.807) is 0 Å². The van der Waals surface area contributed by atoms with Crippen LogP contribution in [0.1, 0.15) is 73.6 Å². The van der Waals surface area contributed by atoms with Crippen LogP contribution in [-0.4, -0.2) is 0 Å². The summed E-state index contributed by atoms with van der Waals surface area (Å²) >= 11 is 0. The molecule has 0 radical (unpaired) electrons. The van der Waals surface area contributed by atoms with E-state index in [0.717, 1.165) is 22.7 Å². The van der Waals surface area contributed by atoms with Crippen molar-refractivity contribution in [2.45, 2.75) is 73.6 Å². The minimum atomic E-state index is 0.766. The first-order valence-corrected chi connectivity index (χ1v) is 7.01. The van der Waals surface area contributed by atoms with Crippen molar-refractivity contribution in [2.24, 2.45) is 22.7 Å². The lowest BCUT2D eigenvalue weighted by Gasteiger charge is -2.65. The van der Waals surface area contributed by atoms with Gasteiger partial charge in [0, 0.05) is 0 Å². The monoisotopic (exact) mass is 210 g/mol. The maximum absolute atomic E-state index is 2.43. The molecule has 3 fully saturated rings. The first-order chi connectivity index (χ1) is 7.01. The fraction of sp³-hybridized carbons (Fsp3) is 1.00. The molecule has 0 atom stereocenters. The molecule has 15 heavy (non-hydrogen) atoms. The molecule has 0 aromatic heterocycles. The molecule has 0 heterocycles. The molecule has 0 heteroatoms. The Labute approximate surface area is 96.8 Å². The van der Waals surface area contributed by atoms with E-state index in [0.29, 0.717) is 0 Å². The molecule has 0 aromatic rings. The van der Waals surface area contributed by atoms with Crippen LogP contribution >= 0.6 is 0 Å². The second-order valence-corrected chi connectivity index (χ2v) is 6.24. The molecule has 0 saturated heterocycles. The molecule has 3 saturated carbocycles. The molecule has 0 unspecified atom stereocenters. The van der Waals surface area contributed by atoms with E-state index < -0.39 is 0 Å². The van der Waals surface area contributed by atoms with E-state index in [1.165, 1.54) is 32.1 Å². The van der Waals surface area contributed by atoms with Gasteiger partial charge in [-0.2, -0.15) is 0 Å². The fourth-order valence-electron chi connectivity index (χ4n) is 3.89. The first-order valence-electron chi connectivity index (χ1n) is 7.01. The van der Waals surface area contributed by atoms with Crippen LogP contribution in [0.15, 0.2) is 0 Å². The normalized spacial score (nSPS) is 38.4. The molecule has 0 aromatic carbocycles. The summed E-state index contributed by atoms with van der Waals surface area (Å²) < 4.78 is 0. The molecule has 90 valence electrons. The lowest BCUT2D eigenvalue weighted by Crippen LogP contribution is -2.55. The summed E-state index contributed by atoms with van der Waals surface area (Å²) in [6.45, 7) is 13.7. The Bertz CT molecular complexity index is 174. The Balaban J connectivity index is 0.000000531. The molecule has 0 aliphatic heterocycles. The van der Waals surface area contributed by atoms with Crippen LogP contribution < -0.4 is 0 Å². The number of hydrogen-bond donors (Lipinski definition) is 0. The lowest BCUT2D eigenvalue weighted by molar-refractivity contribution is -0.147.